The highest BCUT2D eigenvalue weighted by molar-refractivity contribution is 5.81. The van der Waals surface area contributed by atoms with E-state index in [1.54, 1.807) is 6.07 Å². The lowest BCUT2D eigenvalue weighted by Crippen LogP contribution is -1.94. The van der Waals surface area contributed by atoms with Crippen molar-refractivity contribution in [2.75, 3.05) is 0 Å². The molecule has 1 heterocycles. The molecule has 0 saturated heterocycles. The molecule has 0 atom stereocenters. The molecule has 0 amide bonds. The first-order chi connectivity index (χ1) is 6.72. The van der Waals surface area contributed by atoms with Gasteiger partial charge in [-0.15, -0.1) is 0 Å². The van der Waals surface area contributed by atoms with Crippen LogP contribution in [0, 0.1) is 5.82 Å². The molecule has 2 heteroatoms. The number of nitrogens with zero attached hydrogens (tertiary/aromatic N) is 1. The Hall–Kier alpha value is -1.31. The van der Waals surface area contributed by atoms with Gasteiger partial charge >= 0.3 is 0 Å². The normalized spacial score (nSPS) is 11.1. The van der Waals surface area contributed by atoms with Gasteiger partial charge in [-0.25, -0.2) is 4.39 Å². The third-order valence-electron chi connectivity index (χ3n) is 2.61. The van der Waals surface area contributed by atoms with Crippen LogP contribution in [0.15, 0.2) is 24.3 Å². The molecule has 0 aliphatic carbocycles. The Balaban J connectivity index is 2.62. The van der Waals surface area contributed by atoms with E-state index in [0.29, 0.717) is 0 Å². The Kier molecular flexibility index (Phi) is 2.28. The molecule has 0 spiro atoms. The minimum Gasteiger partial charge on any atom is -0.348 e. The average Bonchev–Trinajstić information content (AvgIpc) is 2.46. The van der Waals surface area contributed by atoms with Crippen molar-refractivity contribution in [2.45, 2.75) is 19.8 Å². The summed E-state index contributed by atoms with van der Waals surface area (Å²) >= 11 is 0. The molecule has 0 fully saturated rings. The Labute approximate surface area is 83.2 Å². The number of aryl methyl sites for hydroxylation is 2. The van der Waals surface area contributed by atoms with Crippen LogP contribution < -0.4 is 0 Å². The van der Waals surface area contributed by atoms with Crippen LogP contribution in [0.3, 0.4) is 0 Å². The van der Waals surface area contributed by atoms with E-state index in [1.807, 2.05) is 13.1 Å². The number of benzene rings is 1. The van der Waals surface area contributed by atoms with Gasteiger partial charge in [0.25, 0.3) is 0 Å². The first kappa shape index (κ1) is 9.25. The molecule has 0 unspecified atom stereocenters. The van der Waals surface area contributed by atoms with Gasteiger partial charge in [-0.1, -0.05) is 13.3 Å². The van der Waals surface area contributed by atoms with Gasteiger partial charge in [0.1, 0.15) is 5.82 Å². The van der Waals surface area contributed by atoms with E-state index in [9.17, 15) is 4.39 Å². The summed E-state index contributed by atoms with van der Waals surface area (Å²) in [6.07, 6.45) is 2.17. The van der Waals surface area contributed by atoms with Crippen molar-refractivity contribution in [3.8, 4) is 0 Å². The lowest BCUT2D eigenvalue weighted by Gasteiger charge is -2.01. The van der Waals surface area contributed by atoms with Gasteiger partial charge in [0.05, 0.1) is 5.52 Å². The number of hydrogen-bond donors (Lipinski definition) is 0. The number of hydrogen-bond acceptors (Lipinski definition) is 0. The van der Waals surface area contributed by atoms with Crippen molar-refractivity contribution < 1.29 is 4.39 Å². The van der Waals surface area contributed by atoms with Crippen LogP contribution in [0.2, 0.25) is 0 Å². The summed E-state index contributed by atoms with van der Waals surface area (Å²) in [6.45, 7) is 2.15. The lowest BCUT2D eigenvalue weighted by atomic mass is 10.2. The van der Waals surface area contributed by atoms with E-state index in [0.717, 1.165) is 23.7 Å². The molecule has 2 aromatic rings. The van der Waals surface area contributed by atoms with Gasteiger partial charge in [0, 0.05) is 18.1 Å². The predicted octanol–water partition coefficient (Wildman–Crippen LogP) is 3.27. The Bertz CT molecular complexity index is 457. The maximum absolute atomic E-state index is 13.0. The maximum atomic E-state index is 13.0. The SMILES string of the molecule is CCCc1cc2ccc(F)cc2n1C. The summed E-state index contributed by atoms with van der Waals surface area (Å²) in [5, 5.41) is 1.12. The highest BCUT2D eigenvalue weighted by Gasteiger charge is 2.05. The molecule has 1 aromatic heterocycles. The first-order valence-corrected chi connectivity index (χ1v) is 4.96. The van der Waals surface area contributed by atoms with Gasteiger partial charge in [-0.3, -0.25) is 0 Å². The quantitative estimate of drug-likeness (QED) is 0.686. The fraction of sp³-hybridized carbons (Fsp3) is 0.333. The predicted molar refractivity (Wildman–Crippen MR) is 56.9 cm³/mol. The summed E-state index contributed by atoms with van der Waals surface area (Å²) < 4.78 is 15.1. The van der Waals surface area contributed by atoms with Crippen LogP contribution in [0.4, 0.5) is 4.39 Å². The number of fused-ring (bicyclic) bond motifs is 1. The fourth-order valence-electron chi connectivity index (χ4n) is 1.86. The van der Waals surface area contributed by atoms with E-state index < -0.39 is 0 Å². The zero-order valence-electron chi connectivity index (χ0n) is 8.55. The Morgan fingerprint density at radius 3 is 2.79 bits per heavy atom. The molecule has 1 aromatic carbocycles. The lowest BCUT2D eigenvalue weighted by molar-refractivity contribution is 0.628. The maximum Gasteiger partial charge on any atom is 0.125 e. The molecule has 1 nitrogen and oxygen atoms in total. The Morgan fingerprint density at radius 1 is 1.29 bits per heavy atom. The van der Waals surface area contributed by atoms with Gasteiger partial charge in [-0.05, 0) is 30.7 Å². The van der Waals surface area contributed by atoms with E-state index in [1.165, 1.54) is 11.8 Å². The van der Waals surface area contributed by atoms with Gasteiger partial charge in [0.15, 0.2) is 0 Å². The number of rotatable bonds is 2. The summed E-state index contributed by atoms with van der Waals surface area (Å²) in [5.41, 5.74) is 2.25. The van der Waals surface area contributed by atoms with Crippen molar-refractivity contribution in [3.05, 3.63) is 35.8 Å². The molecular formula is C12H14FN. The van der Waals surface area contributed by atoms with Crippen molar-refractivity contribution in [2.24, 2.45) is 7.05 Å². The second kappa shape index (κ2) is 3.45. The van der Waals surface area contributed by atoms with Gasteiger partial charge in [0.2, 0.25) is 0 Å². The van der Waals surface area contributed by atoms with Crippen LogP contribution >= 0.6 is 0 Å². The largest absolute Gasteiger partial charge is 0.348 e. The van der Waals surface area contributed by atoms with Crippen molar-refractivity contribution in [1.29, 1.82) is 0 Å². The van der Waals surface area contributed by atoms with Crippen LogP contribution in [0.1, 0.15) is 19.0 Å². The molecule has 0 N–H and O–H groups in total. The van der Waals surface area contributed by atoms with Gasteiger partial charge < -0.3 is 4.57 Å². The third kappa shape index (κ3) is 1.41. The standard InChI is InChI=1S/C12H14FN/c1-3-4-11-7-9-5-6-10(13)8-12(9)14(11)2/h5-8H,3-4H2,1-2H3. The molecule has 0 saturated carbocycles. The van der Waals surface area contributed by atoms with Crippen LogP contribution in [-0.2, 0) is 13.5 Å². The summed E-state index contributed by atoms with van der Waals surface area (Å²) in [6, 6.07) is 7.08. The molecule has 2 rings (SSSR count). The molecule has 0 radical (unpaired) electrons. The van der Waals surface area contributed by atoms with E-state index in [2.05, 4.69) is 17.6 Å². The van der Waals surface area contributed by atoms with Gasteiger partial charge in [-0.2, -0.15) is 0 Å². The molecular weight excluding hydrogens is 177 g/mol. The third-order valence-corrected chi connectivity index (χ3v) is 2.61. The van der Waals surface area contributed by atoms with Crippen molar-refractivity contribution >= 4 is 10.9 Å². The van der Waals surface area contributed by atoms with Crippen molar-refractivity contribution in [1.82, 2.24) is 4.57 Å². The van der Waals surface area contributed by atoms with Crippen LogP contribution in [0.5, 0.6) is 0 Å². The monoisotopic (exact) mass is 191 g/mol. The molecule has 0 aliphatic rings. The first-order valence-electron chi connectivity index (χ1n) is 4.96. The topological polar surface area (TPSA) is 4.93 Å². The summed E-state index contributed by atoms with van der Waals surface area (Å²) in [4.78, 5) is 0. The van der Waals surface area contributed by atoms with E-state index in [-0.39, 0.29) is 5.82 Å². The minimum absolute atomic E-state index is 0.165. The summed E-state index contributed by atoms with van der Waals surface area (Å²) in [5.74, 6) is -0.165. The molecule has 0 aliphatic heterocycles. The zero-order chi connectivity index (χ0) is 10.1. The second-order valence-corrected chi connectivity index (χ2v) is 3.65. The molecule has 0 bridgehead atoms. The number of halogens is 1. The number of aromatic nitrogens is 1. The second-order valence-electron chi connectivity index (χ2n) is 3.65. The molecule has 74 valence electrons. The minimum atomic E-state index is -0.165. The highest BCUT2D eigenvalue weighted by Crippen LogP contribution is 2.20. The Morgan fingerprint density at radius 2 is 2.07 bits per heavy atom. The highest BCUT2D eigenvalue weighted by atomic mass is 19.1. The van der Waals surface area contributed by atoms with Crippen LogP contribution in [0.25, 0.3) is 10.9 Å². The van der Waals surface area contributed by atoms with E-state index in [4.69, 9.17) is 0 Å². The van der Waals surface area contributed by atoms with Crippen molar-refractivity contribution in [3.63, 3.8) is 0 Å². The van der Waals surface area contributed by atoms with E-state index >= 15 is 0 Å². The smallest absolute Gasteiger partial charge is 0.125 e. The average molecular weight is 191 g/mol. The van der Waals surface area contributed by atoms with Crippen LogP contribution in [-0.4, -0.2) is 4.57 Å². The fourth-order valence-corrected chi connectivity index (χ4v) is 1.86. The summed E-state index contributed by atoms with van der Waals surface area (Å²) in [7, 11) is 1.99. The molecule has 14 heavy (non-hydrogen) atoms. The zero-order valence-corrected chi connectivity index (χ0v) is 8.55.